The number of hydrogen-bond acceptors (Lipinski definition) is 2. The third kappa shape index (κ3) is 23.6. The van der Waals surface area contributed by atoms with Crippen LogP contribution in [0.5, 0.6) is 0 Å². The fraction of sp³-hybridized carbons (Fsp3) is 1.00. The fourth-order valence-electron chi connectivity index (χ4n) is 1.38. The van der Waals surface area contributed by atoms with Crippen molar-refractivity contribution in [3.63, 3.8) is 0 Å². The Labute approximate surface area is 102 Å². The van der Waals surface area contributed by atoms with E-state index < -0.39 is 0 Å². The van der Waals surface area contributed by atoms with Gasteiger partial charge in [-0.25, -0.2) is 0 Å². The van der Waals surface area contributed by atoms with E-state index in [1.54, 1.807) is 0 Å². The minimum absolute atomic E-state index is 0.0958. The van der Waals surface area contributed by atoms with Crippen LogP contribution in [0.4, 0.5) is 0 Å². The second kappa shape index (κ2) is 14.9. The number of unbranched alkanes of at least 4 members (excludes halogenated alkanes) is 4. The summed E-state index contributed by atoms with van der Waals surface area (Å²) in [6.45, 7) is 8.02. The maximum absolute atomic E-state index is 8.78. The average molecular weight is 232 g/mol. The molecule has 100 valence electrons. The van der Waals surface area contributed by atoms with Crippen LogP contribution in [0.2, 0.25) is 0 Å². The fourth-order valence-corrected chi connectivity index (χ4v) is 1.38. The molecule has 0 aliphatic carbocycles. The van der Waals surface area contributed by atoms with Crippen molar-refractivity contribution in [1.82, 2.24) is 0 Å². The molecule has 0 bridgehead atoms. The number of aliphatic hydroxyl groups excluding tert-OH is 2. The molecule has 2 heteroatoms. The Bertz CT molecular complexity index is 97.3. The first kappa shape index (κ1) is 18.3. The molecule has 0 aliphatic heterocycles. The minimum atomic E-state index is -0.0958. The van der Waals surface area contributed by atoms with E-state index in [1.807, 2.05) is 13.8 Å². The Balaban J connectivity index is 0. The van der Waals surface area contributed by atoms with E-state index in [0.717, 1.165) is 12.8 Å². The standard InChI is InChI=1S/2C7H16O/c2*1-3-4-5-6-7(2)8/h2*7-8H,3-6H2,1-2H3/t2*7-/m10/s1. The monoisotopic (exact) mass is 232 g/mol. The summed E-state index contributed by atoms with van der Waals surface area (Å²) < 4.78 is 0. The molecule has 0 unspecified atom stereocenters. The third-order valence-electron chi connectivity index (χ3n) is 2.45. The first-order valence-corrected chi connectivity index (χ1v) is 6.90. The molecule has 0 saturated carbocycles. The van der Waals surface area contributed by atoms with Crippen molar-refractivity contribution in [2.75, 3.05) is 0 Å². The summed E-state index contributed by atoms with van der Waals surface area (Å²) in [4.78, 5) is 0. The molecule has 2 atom stereocenters. The molecule has 0 heterocycles. The zero-order valence-electron chi connectivity index (χ0n) is 11.7. The number of aliphatic hydroxyl groups is 2. The van der Waals surface area contributed by atoms with Crippen molar-refractivity contribution in [2.24, 2.45) is 0 Å². The van der Waals surface area contributed by atoms with Crippen LogP contribution < -0.4 is 0 Å². The summed E-state index contributed by atoms with van der Waals surface area (Å²) >= 11 is 0. The van der Waals surface area contributed by atoms with Crippen LogP contribution in [-0.4, -0.2) is 22.4 Å². The summed E-state index contributed by atoms with van der Waals surface area (Å²) in [5.74, 6) is 0. The Morgan fingerprint density at radius 2 is 1.00 bits per heavy atom. The number of rotatable bonds is 8. The summed E-state index contributed by atoms with van der Waals surface area (Å²) in [6.07, 6.45) is 9.09. The highest BCUT2D eigenvalue weighted by Gasteiger charge is 1.92. The SMILES string of the molecule is CCCCC[C@@H](C)O.CCCCC[C@H](C)O. The first-order valence-electron chi connectivity index (χ1n) is 6.90. The Morgan fingerprint density at radius 1 is 0.688 bits per heavy atom. The molecule has 0 amide bonds. The van der Waals surface area contributed by atoms with Gasteiger partial charge in [0.25, 0.3) is 0 Å². The Kier molecular flexibility index (Phi) is 17.1. The highest BCUT2D eigenvalue weighted by molar-refractivity contribution is 4.46. The molecule has 0 saturated heterocycles. The molecule has 16 heavy (non-hydrogen) atoms. The molecule has 0 aromatic heterocycles. The van der Waals surface area contributed by atoms with Gasteiger partial charge < -0.3 is 10.2 Å². The molecule has 0 aliphatic rings. The zero-order chi connectivity index (χ0) is 12.8. The van der Waals surface area contributed by atoms with Gasteiger partial charge in [-0.1, -0.05) is 52.4 Å². The normalized spacial score (nSPS) is 13.9. The quantitative estimate of drug-likeness (QED) is 0.623. The number of hydrogen-bond donors (Lipinski definition) is 2. The van der Waals surface area contributed by atoms with E-state index in [9.17, 15) is 0 Å². The Hall–Kier alpha value is -0.0800. The smallest absolute Gasteiger partial charge is 0.0512 e. The van der Waals surface area contributed by atoms with Crippen molar-refractivity contribution in [1.29, 1.82) is 0 Å². The highest BCUT2D eigenvalue weighted by atomic mass is 16.3. The molecule has 0 aromatic rings. The van der Waals surface area contributed by atoms with Gasteiger partial charge in [-0.05, 0) is 26.7 Å². The van der Waals surface area contributed by atoms with E-state index in [-0.39, 0.29) is 12.2 Å². The molecular weight excluding hydrogens is 200 g/mol. The summed E-state index contributed by atoms with van der Waals surface area (Å²) in [7, 11) is 0. The zero-order valence-corrected chi connectivity index (χ0v) is 11.7. The van der Waals surface area contributed by atoms with Crippen LogP contribution in [0.3, 0.4) is 0 Å². The van der Waals surface area contributed by atoms with Crippen LogP contribution >= 0.6 is 0 Å². The lowest BCUT2D eigenvalue weighted by atomic mass is 10.1. The molecule has 2 N–H and O–H groups in total. The van der Waals surface area contributed by atoms with Crippen molar-refractivity contribution in [3.05, 3.63) is 0 Å². The van der Waals surface area contributed by atoms with Gasteiger partial charge in [-0.2, -0.15) is 0 Å². The second-order valence-electron chi connectivity index (χ2n) is 4.69. The third-order valence-corrected chi connectivity index (χ3v) is 2.45. The van der Waals surface area contributed by atoms with Gasteiger partial charge in [0.15, 0.2) is 0 Å². The lowest BCUT2D eigenvalue weighted by Crippen LogP contribution is -1.97. The average Bonchev–Trinajstić information content (AvgIpc) is 2.18. The summed E-state index contributed by atoms with van der Waals surface area (Å²) in [5, 5.41) is 17.6. The highest BCUT2D eigenvalue weighted by Crippen LogP contribution is 2.01. The first-order chi connectivity index (χ1) is 7.54. The molecule has 0 fully saturated rings. The second-order valence-corrected chi connectivity index (χ2v) is 4.69. The summed E-state index contributed by atoms with van der Waals surface area (Å²) in [5.41, 5.74) is 0. The van der Waals surface area contributed by atoms with E-state index in [4.69, 9.17) is 10.2 Å². The van der Waals surface area contributed by atoms with Crippen LogP contribution in [0.25, 0.3) is 0 Å². The molecule has 0 aromatic carbocycles. The minimum Gasteiger partial charge on any atom is -0.393 e. The lowest BCUT2D eigenvalue weighted by molar-refractivity contribution is 0.180. The summed E-state index contributed by atoms with van der Waals surface area (Å²) in [6, 6.07) is 0. The molecule has 0 rings (SSSR count). The van der Waals surface area contributed by atoms with Gasteiger partial charge in [0, 0.05) is 0 Å². The predicted octanol–water partition coefficient (Wildman–Crippen LogP) is 3.90. The maximum atomic E-state index is 8.78. The van der Waals surface area contributed by atoms with E-state index in [1.165, 1.54) is 38.5 Å². The van der Waals surface area contributed by atoms with Gasteiger partial charge in [-0.15, -0.1) is 0 Å². The van der Waals surface area contributed by atoms with Gasteiger partial charge >= 0.3 is 0 Å². The topological polar surface area (TPSA) is 40.5 Å². The van der Waals surface area contributed by atoms with Gasteiger partial charge in [0.05, 0.1) is 12.2 Å². The van der Waals surface area contributed by atoms with Crippen molar-refractivity contribution < 1.29 is 10.2 Å². The van der Waals surface area contributed by atoms with E-state index in [2.05, 4.69) is 13.8 Å². The maximum Gasteiger partial charge on any atom is 0.0512 e. The van der Waals surface area contributed by atoms with Crippen LogP contribution in [-0.2, 0) is 0 Å². The van der Waals surface area contributed by atoms with Crippen molar-refractivity contribution in [3.8, 4) is 0 Å². The van der Waals surface area contributed by atoms with E-state index in [0.29, 0.717) is 0 Å². The lowest BCUT2D eigenvalue weighted by Gasteiger charge is -2.00. The Morgan fingerprint density at radius 3 is 1.19 bits per heavy atom. The van der Waals surface area contributed by atoms with Gasteiger partial charge in [0.1, 0.15) is 0 Å². The van der Waals surface area contributed by atoms with Gasteiger partial charge in [-0.3, -0.25) is 0 Å². The molecule has 2 nitrogen and oxygen atoms in total. The van der Waals surface area contributed by atoms with Crippen LogP contribution in [0, 0.1) is 0 Å². The predicted molar refractivity (Wildman–Crippen MR) is 71.6 cm³/mol. The molecule has 0 spiro atoms. The molecule has 0 radical (unpaired) electrons. The van der Waals surface area contributed by atoms with Crippen LogP contribution in [0.1, 0.15) is 79.1 Å². The molecular formula is C14H32O2. The van der Waals surface area contributed by atoms with E-state index >= 15 is 0 Å². The largest absolute Gasteiger partial charge is 0.393 e. The van der Waals surface area contributed by atoms with Crippen molar-refractivity contribution >= 4 is 0 Å². The van der Waals surface area contributed by atoms with Gasteiger partial charge in [0.2, 0.25) is 0 Å². The van der Waals surface area contributed by atoms with Crippen LogP contribution in [0.15, 0.2) is 0 Å². The van der Waals surface area contributed by atoms with Crippen molar-refractivity contribution in [2.45, 2.75) is 91.3 Å².